The predicted octanol–water partition coefficient (Wildman–Crippen LogP) is 0.269. The number of hydrogen-bond acceptors (Lipinski definition) is 5. The fraction of sp³-hybridized carbons (Fsp3) is 1.00. The van der Waals surface area contributed by atoms with Gasteiger partial charge in [-0.25, -0.2) is 0 Å². The molecule has 1 rings (SSSR count). The van der Waals surface area contributed by atoms with Crippen LogP contribution < -0.4 is 0 Å². The zero-order valence-corrected chi connectivity index (χ0v) is 8.60. The van der Waals surface area contributed by atoms with Crippen LogP contribution in [0.15, 0.2) is 0 Å². The summed E-state index contributed by atoms with van der Waals surface area (Å²) in [5.74, 6) is -0.196. The quantitative estimate of drug-likeness (QED) is 0.487. The second-order valence-corrected chi connectivity index (χ2v) is 7.39. The summed E-state index contributed by atoms with van der Waals surface area (Å²) in [4.78, 5) is 0. The maximum Gasteiger partial charge on any atom is 0.270 e. The zero-order chi connectivity index (χ0) is 9.41. The molecule has 5 nitrogen and oxygen atoms in total. The minimum atomic E-state index is -3.41. The molecule has 7 heteroatoms. The lowest BCUT2D eigenvalue weighted by molar-refractivity contribution is 0.184. The van der Waals surface area contributed by atoms with Gasteiger partial charge in [-0.1, -0.05) is 0 Å². The van der Waals surface area contributed by atoms with Crippen LogP contribution in [0.25, 0.3) is 0 Å². The van der Waals surface area contributed by atoms with Gasteiger partial charge in [0.25, 0.3) is 10.1 Å². The van der Waals surface area contributed by atoms with Crippen molar-refractivity contribution >= 4 is 17.5 Å². The lowest BCUT2D eigenvalue weighted by Crippen LogP contribution is -2.15. The Balaban J connectivity index is 2.55. The molecule has 0 N–H and O–H groups in total. The maximum atomic E-state index is 11.1. The highest BCUT2D eigenvalue weighted by Crippen LogP contribution is 2.40. The Kier molecular flexibility index (Phi) is 2.63. The normalized spacial score (nSPS) is 29.0. The summed E-state index contributed by atoms with van der Waals surface area (Å²) in [6.45, 7) is 2.86. The van der Waals surface area contributed by atoms with E-state index in [1.807, 2.05) is 0 Å². The lowest BCUT2D eigenvalue weighted by atomic mass is 10.5. The van der Waals surface area contributed by atoms with Crippen LogP contribution in [-0.2, 0) is 23.4 Å². The highest BCUT2D eigenvalue weighted by molar-refractivity contribution is 7.87. The molecule has 0 aromatic rings. The van der Waals surface area contributed by atoms with Crippen LogP contribution in [0, 0.1) is 0 Å². The van der Waals surface area contributed by atoms with Gasteiger partial charge in [0.15, 0.2) is 7.37 Å². The van der Waals surface area contributed by atoms with Gasteiger partial charge >= 0.3 is 0 Å². The van der Waals surface area contributed by atoms with Gasteiger partial charge < -0.3 is 4.52 Å². The highest BCUT2D eigenvalue weighted by atomic mass is 32.2. The van der Waals surface area contributed by atoms with E-state index in [1.54, 1.807) is 0 Å². The molecule has 72 valence electrons. The van der Waals surface area contributed by atoms with Gasteiger partial charge in [0.05, 0.1) is 6.61 Å². The monoisotopic (exact) mass is 214 g/mol. The first-order chi connectivity index (χ1) is 5.29. The summed E-state index contributed by atoms with van der Waals surface area (Å²) in [6.07, 6.45) is -0.573. The molecule has 0 amide bonds. The largest absolute Gasteiger partial charge is 0.322 e. The van der Waals surface area contributed by atoms with Crippen molar-refractivity contribution < 1.29 is 21.7 Å². The maximum absolute atomic E-state index is 11.1. The van der Waals surface area contributed by atoms with Gasteiger partial charge in [-0.3, -0.25) is 8.75 Å². The Labute approximate surface area is 71.6 Å². The van der Waals surface area contributed by atoms with Gasteiger partial charge in [-0.15, -0.1) is 0 Å². The van der Waals surface area contributed by atoms with E-state index in [0.29, 0.717) is 0 Å². The minimum Gasteiger partial charge on any atom is -0.322 e. The minimum absolute atomic E-state index is 0.0198. The fourth-order valence-electron chi connectivity index (χ4n) is 0.923. The molecule has 12 heavy (non-hydrogen) atoms. The summed E-state index contributed by atoms with van der Waals surface area (Å²) in [5, 5.41) is 0. The molecule has 1 aliphatic rings. The Bertz CT molecular complexity index is 302. The van der Waals surface area contributed by atoms with Crippen molar-refractivity contribution in [3.8, 4) is 0 Å². The molecule has 0 saturated carbocycles. The molecule has 0 bridgehead atoms. The summed E-state index contributed by atoms with van der Waals surface area (Å²) < 4.78 is 42.0. The van der Waals surface area contributed by atoms with Crippen molar-refractivity contribution in [1.29, 1.82) is 0 Å². The van der Waals surface area contributed by atoms with Crippen LogP contribution in [0.2, 0.25) is 0 Å². The number of rotatable bonds is 2. The Morgan fingerprint density at radius 1 is 1.50 bits per heavy atom. The Hall–Kier alpha value is 0.1000. The first-order valence-corrected chi connectivity index (χ1v) is 7.49. The lowest BCUT2D eigenvalue weighted by Gasteiger charge is -2.11. The Morgan fingerprint density at radius 3 is 2.42 bits per heavy atom. The second-order valence-electron chi connectivity index (χ2n) is 2.99. The van der Waals surface area contributed by atoms with Crippen molar-refractivity contribution in [2.75, 3.05) is 25.7 Å². The topological polar surface area (TPSA) is 69.7 Å². The van der Waals surface area contributed by atoms with E-state index in [0.717, 1.165) is 0 Å². The molecule has 1 atom stereocenters. The SMILES string of the molecule is CP(C)(=O)OC1COS(=O)(=O)C1. The van der Waals surface area contributed by atoms with E-state index in [9.17, 15) is 13.0 Å². The van der Waals surface area contributed by atoms with Crippen molar-refractivity contribution in [3.05, 3.63) is 0 Å². The van der Waals surface area contributed by atoms with Crippen LogP contribution in [0.1, 0.15) is 0 Å². The third-order valence-electron chi connectivity index (χ3n) is 1.23. The van der Waals surface area contributed by atoms with Gasteiger partial charge in [0, 0.05) is 13.3 Å². The smallest absolute Gasteiger partial charge is 0.270 e. The average Bonchev–Trinajstić information content (AvgIpc) is 2.05. The van der Waals surface area contributed by atoms with Crippen LogP contribution in [-0.4, -0.2) is 40.2 Å². The molecule has 0 aliphatic carbocycles. The van der Waals surface area contributed by atoms with Crippen LogP contribution in [0.5, 0.6) is 0 Å². The van der Waals surface area contributed by atoms with Crippen LogP contribution >= 0.6 is 7.37 Å². The summed E-state index contributed by atoms with van der Waals surface area (Å²) in [7, 11) is -6.03. The first kappa shape index (κ1) is 10.2. The first-order valence-electron chi connectivity index (χ1n) is 3.39. The van der Waals surface area contributed by atoms with Gasteiger partial charge in [-0.05, 0) is 0 Å². The van der Waals surface area contributed by atoms with E-state index in [1.165, 1.54) is 13.3 Å². The molecule has 0 spiro atoms. The molecule has 1 heterocycles. The molecular formula is C5H11O5PS. The summed E-state index contributed by atoms with van der Waals surface area (Å²) in [6, 6.07) is 0. The summed E-state index contributed by atoms with van der Waals surface area (Å²) in [5.41, 5.74) is 0. The molecule has 0 aromatic heterocycles. The van der Waals surface area contributed by atoms with Crippen molar-refractivity contribution in [2.45, 2.75) is 6.10 Å². The van der Waals surface area contributed by atoms with E-state index in [-0.39, 0.29) is 12.4 Å². The Morgan fingerprint density at radius 2 is 2.08 bits per heavy atom. The standard InChI is InChI=1S/C5H11O5PS/c1-11(2,6)10-5-3-9-12(7,8)4-5/h5H,3-4H2,1-2H3. The molecule has 1 saturated heterocycles. The van der Waals surface area contributed by atoms with E-state index < -0.39 is 23.6 Å². The van der Waals surface area contributed by atoms with E-state index in [2.05, 4.69) is 4.18 Å². The molecule has 0 aromatic carbocycles. The molecule has 1 aliphatic heterocycles. The third-order valence-corrected chi connectivity index (χ3v) is 3.31. The third kappa shape index (κ3) is 3.23. The summed E-state index contributed by atoms with van der Waals surface area (Å²) >= 11 is 0. The highest BCUT2D eigenvalue weighted by Gasteiger charge is 2.32. The zero-order valence-electron chi connectivity index (χ0n) is 6.89. The van der Waals surface area contributed by atoms with Crippen molar-refractivity contribution in [1.82, 2.24) is 0 Å². The molecule has 1 unspecified atom stereocenters. The van der Waals surface area contributed by atoms with Gasteiger partial charge in [-0.2, -0.15) is 8.42 Å². The van der Waals surface area contributed by atoms with E-state index in [4.69, 9.17) is 4.52 Å². The van der Waals surface area contributed by atoms with E-state index >= 15 is 0 Å². The average molecular weight is 214 g/mol. The second kappa shape index (κ2) is 3.10. The fourth-order valence-corrected chi connectivity index (χ4v) is 2.95. The van der Waals surface area contributed by atoms with Crippen LogP contribution in [0.3, 0.4) is 0 Å². The van der Waals surface area contributed by atoms with Crippen molar-refractivity contribution in [3.63, 3.8) is 0 Å². The van der Waals surface area contributed by atoms with Crippen molar-refractivity contribution in [2.24, 2.45) is 0 Å². The molecule has 0 radical (unpaired) electrons. The number of hydrogen-bond donors (Lipinski definition) is 0. The van der Waals surface area contributed by atoms with Crippen LogP contribution in [0.4, 0.5) is 0 Å². The van der Waals surface area contributed by atoms with Gasteiger partial charge in [0.1, 0.15) is 11.9 Å². The molecular weight excluding hydrogens is 203 g/mol. The molecule has 1 fully saturated rings. The van der Waals surface area contributed by atoms with Gasteiger partial charge in [0.2, 0.25) is 0 Å². The predicted molar refractivity (Wildman–Crippen MR) is 44.1 cm³/mol.